The van der Waals surface area contributed by atoms with Crippen molar-refractivity contribution < 1.29 is 4.79 Å². The van der Waals surface area contributed by atoms with Crippen LogP contribution in [0.4, 0.5) is 4.79 Å². The average molecular weight is 335 g/mol. The molecule has 1 atom stereocenters. The van der Waals surface area contributed by atoms with Crippen molar-refractivity contribution in [1.29, 1.82) is 0 Å². The number of hydrogen-bond acceptors (Lipinski definition) is 2. The summed E-state index contributed by atoms with van der Waals surface area (Å²) in [5.74, 6) is 0.541. The molecule has 1 N–H and O–H groups in total. The predicted octanol–water partition coefficient (Wildman–Crippen LogP) is 4.69. The number of urea groups is 1. The highest BCUT2D eigenvalue weighted by atomic mass is 35.5. The van der Waals surface area contributed by atoms with Crippen molar-refractivity contribution in [3.05, 3.63) is 57.2 Å². The number of nitrogens with one attached hydrogen (secondary N) is 1. The van der Waals surface area contributed by atoms with E-state index in [0.29, 0.717) is 12.5 Å². The molecule has 1 aliphatic rings. The summed E-state index contributed by atoms with van der Waals surface area (Å²) in [5.41, 5.74) is 2.29. The van der Waals surface area contributed by atoms with E-state index < -0.39 is 0 Å². The van der Waals surface area contributed by atoms with E-state index in [9.17, 15) is 4.79 Å². The first kappa shape index (κ1) is 15.4. The average Bonchev–Trinajstić information content (AvgIpc) is 3.23. The van der Waals surface area contributed by atoms with Crippen LogP contribution in [0.25, 0.3) is 0 Å². The molecule has 1 aromatic carbocycles. The normalized spacial score (nSPS) is 15.4. The minimum Gasteiger partial charge on any atom is -0.331 e. The lowest BCUT2D eigenvalue weighted by atomic mass is 10.0. The number of carbonyl (C=O) groups is 1. The largest absolute Gasteiger partial charge is 0.331 e. The number of thiophene rings is 1. The fourth-order valence-corrected chi connectivity index (χ4v) is 3.33. The zero-order valence-electron chi connectivity index (χ0n) is 12.5. The van der Waals surface area contributed by atoms with Gasteiger partial charge in [-0.1, -0.05) is 23.7 Å². The van der Waals surface area contributed by atoms with Gasteiger partial charge >= 0.3 is 6.03 Å². The summed E-state index contributed by atoms with van der Waals surface area (Å²) in [6.45, 7) is 0.632. The summed E-state index contributed by atoms with van der Waals surface area (Å²) in [6.07, 6.45) is 2.34. The van der Waals surface area contributed by atoms with Gasteiger partial charge in [-0.3, -0.25) is 0 Å². The Hall–Kier alpha value is -1.52. The molecule has 0 bridgehead atoms. The van der Waals surface area contributed by atoms with Crippen molar-refractivity contribution in [1.82, 2.24) is 10.2 Å². The molecule has 0 aliphatic heterocycles. The molecule has 5 heteroatoms. The van der Waals surface area contributed by atoms with Crippen LogP contribution in [0.1, 0.15) is 30.0 Å². The maximum atomic E-state index is 12.4. The lowest BCUT2D eigenvalue weighted by Crippen LogP contribution is -2.39. The molecule has 1 heterocycles. The van der Waals surface area contributed by atoms with E-state index in [0.717, 1.165) is 16.1 Å². The topological polar surface area (TPSA) is 32.3 Å². The molecule has 1 aliphatic carbocycles. The standard InChI is InChI=1S/C17H19ClN2OS/c1-20(10-12-8-9-22-11-12)17(21)19-16(13-2-3-13)14-4-6-15(18)7-5-14/h4-9,11,13,16H,2-3,10H2,1H3,(H,19,21)/t16-/m1/s1. The first-order valence-corrected chi connectivity index (χ1v) is 8.74. The van der Waals surface area contributed by atoms with Gasteiger partial charge in [0.05, 0.1) is 6.04 Å². The van der Waals surface area contributed by atoms with Crippen LogP contribution in [0.2, 0.25) is 5.02 Å². The van der Waals surface area contributed by atoms with E-state index in [-0.39, 0.29) is 12.1 Å². The molecular formula is C17H19ClN2OS. The van der Waals surface area contributed by atoms with Gasteiger partial charge in [0, 0.05) is 18.6 Å². The van der Waals surface area contributed by atoms with Gasteiger partial charge in [0.15, 0.2) is 0 Å². The number of benzene rings is 1. The molecule has 3 rings (SSSR count). The van der Waals surface area contributed by atoms with Crippen LogP contribution in [0.15, 0.2) is 41.1 Å². The summed E-state index contributed by atoms with van der Waals surface area (Å²) >= 11 is 7.60. The van der Waals surface area contributed by atoms with Crippen LogP contribution in [0, 0.1) is 5.92 Å². The Balaban J connectivity index is 1.65. The molecule has 22 heavy (non-hydrogen) atoms. The Morgan fingerprint density at radius 1 is 1.36 bits per heavy atom. The SMILES string of the molecule is CN(Cc1ccsc1)C(=O)N[C@@H](c1ccc(Cl)cc1)C1CC1. The summed E-state index contributed by atoms with van der Waals surface area (Å²) < 4.78 is 0. The number of amides is 2. The fraction of sp³-hybridized carbons (Fsp3) is 0.353. The zero-order chi connectivity index (χ0) is 15.5. The van der Waals surface area contributed by atoms with Crippen LogP contribution >= 0.6 is 22.9 Å². The smallest absolute Gasteiger partial charge is 0.317 e. The van der Waals surface area contributed by atoms with Crippen molar-refractivity contribution in [2.75, 3.05) is 7.05 Å². The van der Waals surface area contributed by atoms with Gasteiger partial charge in [0.25, 0.3) is 0 Å². The number of halogens is 1. The van der Waals surface area contributed by atoms with Gasteiger partial charge < -0.3 is 10.2 Å². The quantitative estimate of drug-likeness (QED) is 0.845. The summed E-state index contributed by atoms with van der Waals surface area (Å²) in [4.78, 5) is 14.2. The van der Waals surface area contributed by atoms with E-state index in [1.807, 2.05) is 42.8 Å². The second-order valence-corrected chi connectivity index (χ2v) is 7.02. The molecule has 2 aromatic rings. The fourth-order valence-electron chi connectivity index (χ4n) is 2.54. The van der Waals surface area contributed by atoms with Crippen LogP contribution in [0.3, 0.4) is 0 Å². The number of carbonyl (C=O) groups excluding carboxylic acids is 1. The highest BCUT2D eigenvalue weighted by Gasteiger charge is 2.33. The van der Waals surface area contributed by atoms with Crippen LogP contribution in [-0.2, 0) is 6.54 Å². The first-order chi connectivity index (χ1) is 10.6. The van der Waals surface area contributed by atoms with Crippen molar-refractivity contribution in [3.8, 4) is 0 Å². The minimum absolute atomic E-state index is 0.0296. The lowest BCUT2D eigenvalue weighted by Gasteiger charge is -2.24. The Kier molecular flexibility index (Phi) is 4.69. The van der Waals surface area contributed by atoms with Gasteiger partial charge in [-0.05, 0) is 58.8 Å². The van der Waals surface area contributed by atoms with E-state index in [1.165, 1.54) is 12.8 Å². The first-order valence-electron chi connectivity index (χ1n) is 7.41. The van der Waals surface area contributed by atoms with Crippen molar-refractivity contribution in [2.45, 2.75) is 25.4 Å². The molecule has 0 unspecified atom stereocenters. The van der Waals surface area contributed by atoms with E-state index >= 15 is 0 Å². The molecule has 1 aromatic heterocycles. The Morgan fingerprint density at radius 3 is 2.68 bits per heavy atom. The molecule has 2 amide bonds. The van der Waals surface area contributed by atoms with Gasteiger partial charge in [-0.15, -0.1) is 0 Å². The third-order valence-corrected chi connectivity index (χ3v) is 4.93. The van der Waals surface area contributed by atoms with Crippen molar-refractivity contribution in [3.63, 3.8) is 0 Å². The minimum atomic E-state index is -0.0296. The summed E-state index contributed by atoms with van der Waals surface area (Å²) in [5, 5.41) is 8.00. The summed E-state index contributed by atoms with van der Waals surface area (Å²) in [7, 11) is 1.83. The monoisotopic (exact) mass is 334 g/mol. The maximum Gasteiger partial charge on any atom is 0.317 e. The van der Waals surface area contributed by atoms with E-state index in [1.54, 1.807) is 16.2 Å². The second-order valence-electron chi connectivity index (χ2n) is 5.80. The Bertz CT molecular complexity index is 623. The molecule has 3 nitrogen and oxygen atoms in total. The highest BCUT2D eigenvalue weighted by Crippen LogP contribution is 2.41. The highest BCUT2D eigenvalue weighted by molar-refractivity contribution is 7.07. The summed E-state index contributed by atoms with van der Waals surface area (Å²) in [6, 6.07) is 9.87. The van der Waals surface area contributed by atoms with Crippen LogP contribution in [0.5, 0.6) is 0 Å². The Labute approximate surface area is 139 Å². The van der Waals surface area contributed by atoms with Crippen molar-refractivity contribution in [2.24, 2.45) is 5.92 Å². The third kappa shape index (κ3) is 3.81. The number of rotatable bonds is 5. The lowest BCUT2D eigenvalue weighted by molar-refractivity contribution is 0.201. The van der Waals surface area contributed by atoms with Crippen molar-refractivity contribution >= 4 is 29.0 Å². The molecule has 0 saturated heterocycles. The van der Waals surface area contributed by atoms with Crippen LogP contribution < -0.4 is 5.32 Å². The number of nitrogens with zero attached hydrogens (tertiary/aromatic N) is 1. The number of hydrogen-bond donors (Lipinski definition) is 1. The molecule has 0 spiro atoms. The molecule has 116 valence electrons. The molecule has 1 fully saturated rings. The molecular weight excluding hydrogens is 316 g/mol. The van der Waals surface area contributed by atoms with Gasteiger partial charge in [0.2, 0.25) is 0 Å². The maximum absolute atomic E-state index is 12.4. The van der Waals surface area contributed by atoms with E-state index in [2.05, 4.69) is 10.7 Å². The van der Waals surface area contributed by atoms with Gasteiger partial charge in [0.1, 0.15) is 0 Å². The van der Waals surface area contributed by atoms with Crippen LogP contribution in [-0.4, -0.2) is 18.0 Å². The second kappa shape index (κ2) is 6.71. The van der Waals surface area contributed by atoms with Gasteiger partial charge in [-0.2, -0.15) is 11.3 Å². The van der Waals surface area contributed by atoms with Gasteiger partial charge in [-0.25, -0.2) is 4.79 Å². The zero-order valence-corrected chi connectivity index (χ0v) is 14.0. The predicted molar refractivity (Wildman–Crippen MR) is 91.2 cm³/mol. The Morgan fingerprint density at radius 2 is 2.09 bits per heavy atom. The van der Waals surface area contributed by atoms with E-state index in [4.69, 9.17) is 11.6 Å². The molecule has 0 radical (unpaired) electrons. The molecule has 1 saturated carbocycles. The third-order valence-electron chi connectivity index (χ3n) is 3.95.